The van der Waals surface area contributed by atoms with Crippen LogP contribution in [0.25, 0.3) is 0 Å². The van der Waals surface area contributed by atoms with Crippen LogP contribution in [0.5, 0.6) is 5.75 Å². The minimum absolute atomic E-state index is 0.0420. The number of nitrogens with one attached hydrogen (secondary N) is 1. The predicted octanol–water partition coefficient (Wildman–Crippen LogP) is 5.01. The molecule has 3 aromatic carbocycles. The van der Waals surface area contributed by atoms with Gasteiger partial charge in [0.25, 0.3) is 11.6 Å². The van der Waals surface area contributed by atoms with Gasteiger partial charge in [0.15, 0.2) is 6.10 Å². The summed E-state index contributed by atoms with van der Waals surface area (Å²) in [5.41, 5.74) is 0.896. The summed E-state index contributed by atoms with van der Waals surface area (Å²) in [6.07, 6.45) is -1.19. The van der Waals surface area contributed by atoms with E-state index in [2.05, 4.69) is 5.32 Å². The number of ether oxygens (including phenoxy) is 2. The fraction of sp³-hybridized carbons (Fsp3) is 0.130. The quantitative estimate of drug-likeness (QED) is 0.291. The Bertz CT molecular complexity index is 1140. The number of nitrogens with zero attached hydrogens (tertiary/aromatic N) is 1. The SMILES string of the molecule is CC(OC(=O)c1ccccc1OCc1ccccc1)C(=O)Nc1cc([N+](=O)[O-])ccc1Cl. The molecule has 0 saturated carbocycles. The first-order valence-corrected chi connectivity index (χ1v) is 9.94. The van der Waals surface area contributed by atoms with E-state index in [1.54, 1.807) is 18.2 Å². The first-order valence-electron chi connectivity index (χ1n) is 9.56. The third-order valence-electron chi connectivity index (χ3n) is 4.42. The van der Waals surface area contributed by atoms with Gasteiger partial charge in [0.05, 0.1) is 15.6 Å². The van der Waals surface area contributed by atoms with Crippen molar-refractivity contribution in [2.75, 3.05) is 5.32 Å². The molecule has 32 heavy (non-hydrogen) atoms. The topological polar surface area (TPSA) is 108 Å². The summed E-state index contributed by atoms with van der Waals surface area (Å²) in [5.74, 6) is -1.12. The second kappa shape index (κ2) is 10.4. The Hall–Kier alpha value is -3.91. The Morgan fingerprint density at radius 3 is 2.47 bits per heavy atom. The number of hydrogen-bond acceptors (Lipinski definition) is 6. The summed E-state index contributed by atoms with van der Waals surface area (Å²) in [7, 11) is 0. The Morgan fingerprint density at radius 1 is 1.06 bits per heavy atom. The molecule has 0 saturated heterocycles. The molecule has 0 aromatic heterocycles. The van der Waals surface area contributed by atoms with E-state index in [4.69, 9.17) is 21.1 Å². The second-order valence-corrected chi connectivity index (χ2v) is 7.14. The van der Waals surface area contributed by atoms with E-state index in [1.165, 1.54) is 25.1 Å². The van der Waals surface area contributed by atoms with Crippen molar-refractivity contribution in [1.29, 1.82) is 0 Å². The molecule has 0 aliphatic heterocycles. The fourth-order valence-electron chi connectivity index (χ4n) is 2.73. The van der Waals surface area contributed by atoms with Crippen molar-refractivity contribution in [3.05, 3.63) is 99.1 Å². The molecule has 1 amide bonds. The van der Waals surface area contributed by atoms with E-state index in [0.717, 1.165) is 11.6 Å². The number of nitro groups is 1. The molecule has 0 radical (unpaired) electrons. The van der Waals surface area contributed by atoms with Gasteiger partial charge in [-0.2, -0.15) is 0 Å². The molecule has 1 atom stereocenters. The van der Waals surface area contributed by atoms with Crippen molar-refractivity contribution in [1.82, 2.24) is 0 Å². The third kappa shape index (κ3) is 5.83. The predicted molar refractivity (Wildman–Crippen MR) is 119 cm³/mol. The van der Waals surface area contributed by atoms with E-state index in [9.17, 15) is 19.7 Å². The van der Waals surface area contributed by atoms with Crippen LogP contribution in [0.4, 0.5) is 11.4 Å². The Balaban J connectivity index is 1.66. The largest absolute Gasteiger partial charge is 0.488 e. The van der Waals surface area contributed by atoms with Crippen LogP contribution in [-0.2, 0) is 16.1 Å². The lowest BCUT2D eigenvalue weighted by Crippen LogP contribution is -2.30. The summed E-state index contributed by atoms with van der Waals surface area (Å²) >= 11 is 6.00. The zero-order chi connectivity index (χ0) is 23.1. The van der Waals surface area contributed by atoms with Crippen molar-refractivity contribution in [2.24, 2.45) is 0 Å². The van der Waals surface area contributed by atoms with Crippen molar-refractivity contribution >= 4 is 34.9 Å². The molecule has 3 aromatic rings. The molecule has 0 spiro atoms. The standard InChI is InChI=1S/C23H19ClN2O6/c1-15(22(27)25-20-13-17(26(29)30)11-12-19(20)24)32-23(28)18-9-5-6-10-21(18)31-14-16-7-3-2-4-8-16/h2-13,15H,14H2,1H3,(H,25,27). The summed E-state index contributed by atoms with van der Waals surface area (Å²) < 4.78 is 11.0. The van der Waals surface area contributed by atoms with Crippen LogP contribution in [0.3, 0.4) is 0 Å². The maximum atomic E-state index is 12.7. The van der Waals surface area contributed by atoms with Gasteiger partial charge in [-0.15, -0.1) is 0 Å². The number of para-hydroxylation sites is 1. The summed E-state index contributed by atoms with van der Waals surface area (Å²) in [5, 5.41) is 13.5. The number of hydrogen-bond donors (Lipinski definition) is 1. The summed E-state index contributed by atoms with van der Waals surface area (Å²) in [4.78, 5) is 35.4. The van der Waals surface area contributed by atoms with Crippen molar-refractivity contribution < 1.29 is 24.0 Å². The lowest BCUT2D eigenvalue weighted by Gasteiger charge is -2.16. The van der Waals surface area contributed by atoms with Gasteiger partial charge in [-0.1, -0.05) is 54.1 Å². The maximum absolute atomic E-state index is 12.7. The minimum Gasteiger partial charge on any atom is -0.488 e. The normalized spacial score (nSPS) is 11.3. The lowest BCUT2D eigenvalue weighted by atomic mass is 10.2. The van der Waals surface area contributed by atoms with Crippen LogP contribution in [0, 0.1) is 10.1 Å². The van der Waals surface area contributed by atoms with Gasteiger partial charge in [-0.25, -0.2) is 4.79 Å². The molecular formula is C23H19ClN2O6. The Kier molecular flexibility index (Phi) is 7.41. The highest BCUT2D eigenvalue weighted by Crippen LogP contribution is 2.27. The fourth-order valence-corrected chi connectivity index (χ4v) is 2.90. The Labute approximate surface area is 188 Å². The molecule has 0 heterocycles. The molecule has 1 unspecified atom stereocenters. The van der Waals surface area contributed by atoms with Gasteiger partial charge in [0.2, 0.25) is 0 Å². The number of anilines is 1. The lowest BCUT2D eigenvalue weighted by molar-refractivity contribution is -0.384. The van der Waals surface area contributed by atoms with Gasteiger partial charge in [-0.3, -0.25) is 14.9 Å². The smallest absolute Gasteiger partial charge is 0.342 e. The highest BCUT2D eigenvalue weighted by molar-refractivity contribution is 6.33. The van der Waals surface area contributed by atoms with Crippen LogP contribution >= 0.6 is 11.6 Å². The number of esters is 1. The molecule has 0 aliphatic rings. The maximum Gasteiger partial charge on any atom is 0.342 e. The van der Waals surface area contributed by atoms with Crippen molar-refractivity contribution in [3.8, 4) is 5.75 Å². The van der Waals surface area contributed by atoms with Crippen LogP contribution < -0.4 is 10.1 Å². The van der Waals surface area contributed by atoms with E-state index in [-0.39, 0.29) is 28.6 Å². The molecule has 164 valence electrons. The first kappa shape index (κ1) is 22.8. The average molecular weight is 455 g/mol. The molecular weight excluding hydrogens is 436 g/mol. The van der Waals surface area contributed by atoms with Crippen LogP contribution in [0.1, 0.15) is 22.8 Å². The summed E-state index contributed by atoms with van der Waals surface area (Å²) in [6.45, 7) is 1.64. The van der Waals surface area contributed by atoms with Gasteiger partial charge in [0, 0.05) is 12.1 Å². The number of carbonyl (C=O) groups excluding carboxylic acids is 2. The van der Waals surface area contributed by atoms with Crippen LogP contribution in [-0.4, -0.2) is 22.9 Å². The van der Waals surface area contributed by atoms with Gasteiger partial charge < -0.3 is 14.8 Å². The number of benzene rings is 3. The minimum atomic E-state index is -1.19. The van der Waals surface area contributed by atoms with Crippen LogP contribution in [0.2, 0.25) is 5.02 Å². The van der Waals surface area contributed by atoms with E-state index < -0.39 is 22.9 Å². The van der Waals surface area contributed by atoms with E-state index in [0.29, 0.717) is 5.75 Å². The third-order valence-corrected chi connectivity index (χ3v) is 4.75. The second-order valence-electron chi connectivity index (χ2n) is 6.73. The molecule has 9 heteroatoms. The number of amides is 1. The van der Waals surface area contributed by atoms with Crippen molar-refractivity contribution in [2.45, 2.75) is 19.6 Å². The van der Waals surface area contributed by atoms with Crippen LogP contribution in [0.15, 0.2) is 72.8 Å². The highest BCUT2D eigenvalue weighted by atomic mass is 35.5. The zero-order valence-electron chi connectivity index (χ0n) is 17.0. The number of rotatable bonds is 8. The van der Waals surface area contributed by atoms with Crippen molar-refractivity contribution in [3.63, 3.8) is 0 Å². The zero-order valence-corrected chi connectivity index (χ0v) is 17.7. The number of carbonyl (C=O) groups is 2. The monoisotopic (exact) mass is 454 g/mol. The van der Waals surface area contributed by atoms with E-state index in [1.807, 2.05) is 30.3 Å². The molecule has 0 aliphatic carbocycles. The van der Waals surface area contributed by atoms with E-state index >= 15 is 0 Å². The highest BCUT2D eigenvalue weighted by Gasteiger charge is 2.23. The number of halogens is 1. The van der Waals surface area contributed by atoms with Gasteiger partial charge in [0.1, 0.15) is 17.9 Å². The Morgan fingerprint density at radius 2 is 1.75 bits per heavy atom. The molecule has 1 N–H and O–H groups in total. The number of non-ortho nitro benzene ring substituents is 1. The molecule has 8 nitrogen and oxygen atoms in total. The summed E-state index contributed by atoms with van der Waals surface area (Å²) in [6, 6.07) is 19.6. The first-order chi connectivity index (χ1) is 15.3. The average Bonchev–Trinajstić information content (AvgIpc) is 2.79. The molecule has 0 bridgehead atoms. The number of nitro benzene ring substituents is 1. The van der Waals surface area contributed by atoms with Gasteiger partial charge in [-0.05, 0) is 30.7 Å². The molecule has 0 fully saturated rings. The van der Waals surface area contributed by atoms with Gasteiger partial charge >= 0.3 is 5.97 Å². The molecule has 3 rings (SSSR count).